The van der Waals surface area contributed by atoms with Crippen LogP contribution in [0, 0.1) is 5.92 Å². The van der Waals surface area contributed by atoms with Gasteiger partial charge in [-0.15, -0.1) is 11.8 Å². The molecule has 1 heterocycles. The molecule has 1 aromatic carbocycles. The first kappa shape index (κ1) is 18.4. The largest absolute Gasteiger partial charge is 0.481 e. The summed E-state index contributed by atoms with van der Waals surface area (Å²) in [5.74, 6) is -0.545. The van der Waals surface area contributed by atoms with Crippen LogP contribution in [0.5, 0.6) is 0 Å². The number of carboxylic acids is 1. The zero-order valence-electron chi connectivity index (χ0n) is 12.8. The Balaban J connectivity index is 1.90. The maximum Gasteiger partial charge on any atom is 0.303 e. The quantitative estimate of drug-likeness (QED) is 0.783. The van der Waals surface area contributed by atoms with Gasteiger partial charge in [0.1, 0.15) is 0 Å². The van der Waals surface area contributed by atoms with Crippen molar-refractivity contribution in [1.82, 2.24) is 4.90 Å². The molecule has 0 aromatic heterocycles. The predicted molar refractivity (Wildman–Crippen MR) is 93.3 cm³/mol. The number of benzene rings is 1. The van der Waals surface area contributed by atoms with E-state index in [4.69, 9.17) is 28.3 Å². The fourth-order valence-electron chi connectivity index (χ4n) is 2.67. The number of carbonyl (C=O) groups is 2. The molecule has 0 radical (unpaired) electrons. The molecule has 126 valence electrons. The molecular formula is C16H19Cl2NO3S. The Morgan fingerprint density at radius 1 is 1.35 bits per heavy atom. The van der Waals surface area contributed by atoms with Crippen LogP contribution in [0.3, 0.4) is 0 Å². The molecule has 0 aliphatic carbocycles. The minimum Gasteiger partial charge on any atom is -0.481 e. The average molecular weight is 376 g/mol. The number of rotatable bonds is 5. The molecule has 23 heavy (non-hydrogen) atoms. The average Bonchev–Trinajstić information content (AvgIpc) is 2.50. The van der Waals surface area contributed by atoms with E-state index >= 15 is 0 Å². The van der Waals surface area contributed by atoms with Gasteiger partial charge in [0.2, 0.25) is 5.91 Å². The van der Waals surface area contributed by atoms with E-state index in [9.17, 15) is 9.59 Å². The molecule has 2 rings (SSSR count). The zero-order chi connectivity index (χ0) is 17.0. The first-order valence-corrected chi connectivity index (χ1v) is 9.12. The summed E-state index contributed by atoms with van der Waals surface area (Å²) >= 11 is 13.5. The van der Waals surface area contributed by atoms with E-state index in [1.807, 2.05) is 11.8 Å². The van der Waals surface area contributed by atoms with Crippen LogP contribution in [-0.2, 0) is 9.59 Å². The number of aliphatic carboxylic acids is 1. The summed E-state index contributed by atoms with van der Waals surface area (Å²) in [4.78, 5) is 25.9. The van der Waals surface area contributed by atoms with Crippen molar-refractivity contribution < 1.29 is 14.7 Å². The van der Waals surface area contributed by atoms with Crippen molar-refractivity contribution in [3.63, 3.8) is 0 Å². The Labute approximate surface area is 150 Å². The number of thioether (sulfide) groups is 1. The van der Waals surface area contributed by atoms with Crippen LogP contribution in [-0.4, -0.2) is 40.2 Å². The predicted octanol–water partition coefficient (Wildman–Crippen LogP) is 4.19. The third-order valence-electron chi connectivity index (χ3n) is 3.93. The normalized spacial score (nSPS) is 17.1. The Kier molecular flexibility index (Phi) is 6.62. The van der Waals surface area contributed by atoms with Gasteiger partial charge in [-0.2, -0.15) is 0 Å². The van der Waals surface area contributed by atoms with Crippen molar-refractivity contribution >= 4 is 46.8 Å². The van der Waals surface area contributed by atoms with Crippen LogP contribution < -0.4 is 0 Å². The third kappa shape index (κ3) is 5.30. The standard InChI is InChI=1S/C16H19Cl2NO3S/c1-10(23-14-9-12(17)2-3-13(14)18)16(22)19-6-4-11(5-7-19)8-15(20)21/h2-3,9-11H,4-8H2,1H3,(H,20,21). The van der Waals surface area contributed by atoms with Crippen LogP contribution in [0.2, 0.25) is 10.0 Å². The van der Waals surface area contributed by atoms with Gasteiger partial charge in [0.05, 0.1) is 10.3 Å². The highest BCUT2D eigenvalue weighted by Crippen LogP contribution is 2.33. The maximum atomic E-state index is 12.5. The van der Waals surface area contributed by atoms with E-state index in [2.05, 4.69) is 0 Å². The molecule has 1 amide bonds. The number of amides is 1. The second-order valence-electron chi connectivity index (χ2n) is 5.70. The monoisotopic (exact) mass is 375 g/mol. The van der Waals surface area contributed by atoms with E-state index in [-0.39, 0.29) is 23.5 Å². The van der Waals surface area contributed by atoms with Gasteiger partial charge in [-0.1, -0.05) is 23.2 Å². The first-order chi connectivity index (χ1) is 10.9. The topological polar surface area (TPSA) is 57.6 Å². The number of carboxylic acid groups (broad SMARTS) is 1. The highest BCUT2D eigenvalue weighted by Gasteiger charge is 2.27. The number of nitrogens with zero attached hydrogens (tertiary/aromatic N) is 1. The van der Waals surface area contributed by atoms with E-state index in [0.717, 1.165) is 17.7 Å². The molecule has 0 spiro atoms. The summed E-state index contributed by atoms with van der Waals surface area (Å²) in [7, 11) is 0. The minimum absolute atomic E-state index is 0.0554. The summed E-state index contributed by atoms with van der Waals surface area (Å²) in [5.41, 5.74) is 0. The lowest BCUT2D eigenvalue weighted by molar-refractivity contribution is -0.138. The fraction of sp³-hybridized carbons (Fsp3) is 0.500. The minimum atomic E-state index is -0.769. The molecule has 1 atom stereocenters. The van der Waals surface area contributed by atoms with Crippen LogP contribution in [0.15, 0.2) is 23.1 Å². The number of carbonyl (C=O) groups excluding carboxylic acids is 1. The molecule has 1 aliphatic rings. The van der Waals surface area contributed by atoms with Crippen molar-refractivity contribution in [2.75, 3.05) is 13.1 Å². The number of halogens is 2. The third-order valence-corrected chi connectivity index (χ3v) is 5.76. The van der Waals surface area contributed by atoms with Crippen LogP contribution in [0.25, 0.3) is 0 Å². The molecule has 7 heteroatoms. The summed E-state index contributed by atoms with van der Waals surface area (Å²) in [5, 5.41) is 9.74. The number of hydrogen-bond donors (Lipinski definition) is 1. The summed E-state index contributed by atoms with van der Waals surface area (Å²) in [6.45, 7) is 3.09. The molecular weight excluding hydrogens is 357 g/mol. The Hall–Kier alpha value is -0.910. The van der Waals surface area contributed by atoms with E-state index in [1.165, 1.54) is 11.8 Å². The van der Waals surface area contributed by atoms with E-state index < -0.39 is 5.97 Å². The van der Waals surface area contributed by atoms with E-state index in [1.54, 1.807) is 18.2 Å². The summed E-state index contributed by atoms with van der Waals surface area (Å²) < 4.78 is 0. The van der Waals surface area contributed by atoms with E-state index in [0.29, 0.717) is 23.1 Å². The molecule has 1 fully saturated rings. The van der Waals surface area contributed by atoms with Crippen molar-refractivity contribution in [2.45, 2.75) is 36.3 Å². The fourth-order valence-corrected chi connectivity index (χ4v) is 4.16. The van der Waals surface area contributed by atoms with Crippen molar-refractivity contribution in [1.29, 1.82) is 0 Å². The molecule has 1 saturated heterocycles. The van der Waals surface area contributed by atoms with Crippen LogP contribution >= 0.6 is 35.0 Å². The van der Waals surface area contributed by atoms with Gasteiger partial charge in [0.15, 0.2) is 0 Å². The summed E-state index contributed by atoms with van der Waals surface area (Å²) in [6.07, 6.45) is 1.67. The lowest BCUT2D eigenvalue weighted by atomic mass is 9.93. The van der Waals surface area contributed by atoms with Gasteiger partial charge in [0, 0.05) is 29.4 Å². The van der Waals surface area contributed by atoms with Crippen LogP contribution in [0.4, 0.5) is 0 Å². The van der Waals surface area contributed by atoms with Gasteiger partial charge in [0.25, 0.3) is 0 Å². The highest BCUT2D eigenvalue weighted by molar-refractivity contribution is 8.00. The molecule has 1 unspecified atom stereocenters. The zero-order valence-corrected chi connectivity index (χ0v) is 15.1. The van der Waals surface area contributed by atoms with Crippen molar-refractivity contribution in [3.8, 4) is 0 Å². The number of piperidine rings is 1. The lowest BCUT2D eigenvalue weighted by Gasteiger charge is -2.33. The molecule has 4 nitrogen and oxygen atoms in total. The van der Waals surface area contributed by atoms with Crippen LogP contribution in [0.1, 0.15) is 26.2 Å². The van der Waals surface area contributed by atoms with Gasteiger partial charge in [-0.25, -0.2) is 0 Å². The van der Waals surface area contributed by atoms with Gasteiger partial charge >= 0.3 is 5.97 Å². The second-order valence-corrected chi connectivity index (χ2v) is 7.93. The molecule has 1 N–H and O–H groups in total. The SMILES string of the molecule is CC(Sc1cc(Cl)ccc1Cl)C(=O)N1CCC(CC(=O)O)CC1. The van der Waals surface area contributed by atoms with Crippen molar-refractivity contribution in [3.05, 3.63) is 28.2 Å². The molecule has 1 aromatic rings. The first-order valence-electron chi connectivity index (χ1n) is 7.49. The Morgan fingerprint density at radius 3 is 2.61 bits per heavy atom. The highest BCUT2D eigenvalue weighted by atomic mass is 35.5. The number of hydrogen-bond acceptors (Lipinski definition) is 3. The molecule has 0 saturated carbocycles. The van der Waals surface area contributed by atoms with Crippen molar-refractivity contribution in [2.24, 2.45) is 5.92 Å². The number of likely N-dealkylation sites (tertiary alicyclic amines) is 1. The summed E-state index contributed by atoms with van der Waals surface area (Å²) in [6, 6.07) is 5.20. The smallest absolute Gasteiger partial charge is 0.303 e. The Bertz CT molecular complexity index is 589. The van der Waals surface area contributed by atoms with Gasteiger partial charge < -0.3 is 10.0 Å². The lowest BCUT2D eigenvalue weighted by Crippen LogP contribution is -2.42. The van der Waals surface area contributed by atoms with Gasteiger partial charge in [-0.3, -0.25) is 9.59 Å². The molecule has 0 bridgehead atoms. The Morgan fingerprint density at radius 2 is 2.00 bits per heavy atom. The van der Waals surface area contributed by atoms with Gasteiger partial charge in [-0.05, 0) is 43.9 Å². The maximum absolute atomic E-state index is 12.5. The second kappa shape index (κ2) is 8.27. The molecule has 1 aliphatic heterocycles.